The van der Waals surface area contributed by atoms with Crippen LogP contribution in [-0.4, -0.2) is 59.6 Å². The summed E-state index contributed by atoms with van der Waals surface area (Å²) in [7, 11) is 0. The molecule has 0 spiro atoms. The van der Waals surface area contributed by atoms with Crippen molar-refractivity contribution in [1.29, 1.82) is 0 Å². The lowest BCUT2D eigenvalue weighted by Gasteiger charge is -2.25. The van der Waals surface area contributed by atoms with Crippen LogP contribution < -0.4 is 10.6 Å². The number of aliphatic hydroxyl groups excluding tert-OH is 1. The van der Waals surface area contributed by atoms with E-state index < -0.39 is 12.1 Å². The lowest BCUT2D eigenvalue weighted by molar-refractivity contribution is 0.0755. The predicted molar refractivity (Wildman–Crippen MR) is 131 cm³/mol. The first-order chi connectivity index (χ1) is 16.0. The van der Waals surface area contributed by atoms with E-state index in [0.717, 1.165) is 31.2 Å². The summed E-state index contributed by atoms with van der Waals surface area (Å²) in [4.78, 5) is 27.9. The number of carbonyl (C=O) groups is 2. The molecule has 0 radical (unpaired) electrons. The van der Waals surface area contributed by atoms with Gasteiger partial charge in [0.05, 0.1) is 12.1 Å². The molecule has 0 saturated heterocycles. The van der Waals surface area contributed by atoms with Crippen LogP contribution in [0.3, 0.4) is 0 Å². The average Bonchev–Trinajstić information content (AvgIpc) is 3.67. The van der Waals surface area contributed by atoms with Gasteiger partial charge in [0.15, 0.2) is 0 Å². The minimum absolute atomic E-state index is 0.0529. The summed E-state index contributed by atoms with van der Waals surface area (Å²) in [5.74, 6) is -0.337. The van der Waals surface area contributed by atoms with Crippen LogP contribution in [-0.2, 0) is 6.42 Å². The molecule has 1 fully saturated rings. The predicted octanol–water partition coefficient (Wildman–Crippen LogP) is 3.40. The molecule has 0 heterocycles. The van der Waals surface area contributed by atoms with E-state index in [1.165, 1.54) is 0 Å². The first-order valence-corrected chi connectivity index (χ1v) is 12.2. The van der Waals surface area contributed by atoms with Gasteiger partial charge in [-0.1, -0.05) is 50.2 Å². The number of benzene rings is 2. The van der Waals surface area contributed by atoms with Crippen LogP contribution >= 0.6 is 0 Å². The quantitative estimate of drug-likeness (QED) is 0.436. The zero-order valence-corrected chi connectivity index (χ0v) is 19.8. The highest BCUT2D eigenvalue weighted by atomic mass is 16.3. The fourth-order valence-electron chi connectivity index (χ4n) is 3.95. The van der Waals surface area contributed by atoms with E-state index in [0.29, 0.717) is 43.2 Å². The maximum absolute atomic E-state index is 13.1. The van der Waals surface area contributed by atoms with E-state index in [1.54, 1.807) is 24.3 Å². The van der Waals surface area contributed by atoms with E-state index in [2.05, 4.69) is 24.5 Å². The van der Waals surface area contributed by atoms with Crippen LogP contribution in [0.5, 0.6) is 0 Å². The highest BCUT2D eigenvalue weighted by Crippen LogP contribution is 2.19. The summed E-state index contributed by atoms with van der Waals surface area (Å²) in [6, 6.07) is 16.8. The van der Waals surface area contributed by atoms with E-state index in [1.807, 2.05) is 35.2 Å². The SMILES string of the molecule is CCCN(CCC)C(=O)c1cccc(C(=O)N[C@@H](Cc2ccccc2)[C@H](O)CNC2CC2)c1. The summed E-state index contributed by atoms with van der Waals surface area (Å²) in [5, 5.41) is 17.2. The molecule has 2 aromatic carbocycles. The summed E-state index contributed by atoms with van der Waals surface area (Å²) in [6.45, 7) is 5.93. The first kappa shape index (κ1) is 24.9. The lowest BCUT2D eigenvalue weighted by atomic mass is 10.00. The number of carbonyl (C=O) groups excluding carboxylic acids is 2. The smallest absolute Gasteiger partial charge is 0.253 e. The molecule has 0 aliphatic heterocycles. The van der Waals surface area contributed by atoms with Gasteiger partial charge in [0.25, 0.3) is 11.8 Å². The zero-order valence-electron chi connectivity index (χ0n) is 19.8. The largest absolute Gasteiger partial charge is 0.390 e. The van der Waals surface area contributed by atoms with E-state index >= 15 is 0 Å². The van der Waals surface area contributed by atoms with Crippen molar-refractivity contribution in [3.05, 3.63) is 71.3 Å². The van der Waals surface area contributed by atoms with Gasteiger partial charge >= 0.3 is 0 Å². The molecule has 2 atom stereocenters. The molecule has 3 rings (SSSR count). The number of amides is 2. The third-order valence-corrected chi connectivity index (χ3v) is 5.92. The number of hydrogen-bond acceptors (Lipinski definition) is 4. The maximum Gasteiger partial charge on any atom is 0.253 e. The molecule has 33 heavy (non-hydrogen) atoms. The van der Waals surface area contributed by atoms with Gasteiger partial charge in [-0.3, -0.25) is 9.59 Å². The minimum Gasteiger partial charge on any atom is -0.390 e. The molecular weight excluding hydrogens is 414 g/mol. The van der Waals surface area contributed by atoms with E-state index in [9.17, 15) is 14.7 Å². The first-order valence-electron chi connectivity index (χ1n) is 12.2. The molecule has 3 N–H and O–H groups in total. The molecule has 0 unspecified atom stereocenters. The fourth-order valence-corrected chi connectivity index (χ4v) is 3.95. The normalized spacial score (nSPS) is 15.0. The van der Waals surface area contributed by atoms with Crippen LogP contribution in [0, 0.1) is 0 Å². The minimum atomic E-state index is -0.718. The monoisotopic (exact) mass is 451 g/mol. The van der Waals surface area contributed by atoms with Crippen molar-refractivity contribution in [2.75, 3.05) is 19.6 Å². The third-order valence-electron chi connectivity index (χ3n) is 5.92. The van der Waals surface area contributed by atoms with Gasteiger partial charge in [-0.25, -0.2) is 0 Å². The Balaban J connectivity index is 1.72. The van der Waals surface area contributed by atoms with Crippen LogP contribution in [0.4, 0.5) is 0 Å². The van der Waals surface area contributed by atoms with Crippen LogP contribution in [0.1, 0.15) is 65.8 Å². The van der Waals surface area contributed by atoms with Gasteiger partial charge in [0.1, 0.15) is 0 Å². The Labute approximate surface area is 197 Å². The second kappa shape index (κ2) is 12.5. The van der Waals surface area contributed by atoms with Crippen LogP contribution in [0.15, 0.2) is 54.6 Å². The summed E-state index contributed by atoms with van der Waals surface area (Å²) < 4.78 is 0. The molecular formula is C27H37N3O3. The van der Waals surface area contributed by atoms with E-state index in [4.69, 9.17) is 0 Å². The Morgan fingerprint density at radius 1 is 1.00 bits per heavy atom. The number of nitrogens with one attached hydrogen (secondary N) is 2. The Morgan fingerprint density at radius 3 is 2.30 bits per heavy atom. The van der Waals surface area contributed by atoms with Crippen LogP contribution in [0.2, 0.25) is 0 Å². The van der Waals surface area contributed by atoms with Crippen molar-refractivity contribution < 1.29 is 14.7 Å². The molecule has 1 aliphatic rings. The Kier molecular flexibility index (Phi) is 9.46. The number of aliphatic hydroxyl groups is 1. The Morgan fingerprint density at radius 2 is 1.67 bits per heavy atom. The zero-order chi connectivity index (χ0) is 23.6. The maximum atomic E-state index is 13.1. The molecule has 0 bridgehead atoms. The second-order valence-electron chi connectivity index (χ2n) is 8.89. The van der Waals surface area contributed by atoms with Crippen molar-refractivity contribution >= 4 is 11.8 Å². The van der Waals surface area contributed by atoms with Crippen molar-refractivity contribution in [3.63, 3.8) is 0 Å². The number of nitrogens with zero attached hydrogens (tertiary/aromatic N) is 1. The molecule has 1 aliphatic carbocycles. The number of rotatable bonds is 13. The molecule has 6 nitrogen and oxygen atoms in total. The van der Waals surface area contributed by atoms with Gasteiger partial charge < -0.3 is 20.6 Å². The van der Waals surface area contributed by atoms with Gasteiger partial charge in [-0.05, 0) is 55.9 Å². The second-order valence-corrected chi connectivity index (χ2v) is 8.89. The molecule has 0 aromatic heterocycles. The molecule has 2 aromatic rings. The Bertz CT molecular complexity index is 892. The Hall–Kier alpha value is -2.70. The molecule has 1 saturated carbocycles. The number of hydrogen-bond donors (Lipinski definition) is 3. The third kappa shape index (κ3) is 7.69. The van der Waals surface area contributed by atoms with Crippen molar-refractivity contribution in [2.45, 2.75) is 64.1 Å². The van der Waals surface area contributed by atoms with E-state index in [-0.39, 0.29) is 11.8 Å². The highest BCUT2D eigenvalue weighted by Gasteiger charge is 2.26. The molecule has 2 amide bonds. The van der Waals surface area contributed by atoms with Gasteiger partial charge in [0, 0.05) is 36.8 Å². The topological polar surface area (TPSA) is 81.7 Å². The summed E-state index contributed by atoms with van der Waals surface area (Å²) in [6.07, 6.45) is 3.86. The van der Waals surface area contributed by atoms with Gasteiger partial charge in [-0.15, -0.1) is 0 Å². The average molecular weight is 452 g/mol. The summed E-state index contributed by atoms with van der Waals surface area (Å²) in [5.41, 5.74) is 1.99. The van der Waals surface area contributed by atoms with Crippen molar-refractivity contribution in [3.8, 4) is 0 Å². The van der Waals surface area contributed by atoms with Crippen molar-refractivity contribution in [2.24, 2.45) is 0 Å². The van der Waals surface area contributed by atoms with Gasteiger partial charge in [-0.2, -0.15) is 0 Å². The molecule has 6 heteroatoms. The van der Waals surface area contributed by atoms with Crippen molar-refractivity contribution in [1.82, 2.24) is 15.5 Å². The standard InChI is InChI=1S/C27H37N3O3/c1-3-15-30(16-4-2)27(33)22-12-8-11-21(18-22)26(32)29-24(17-20-9-6-5-7-10-20)25(31)19-28-23-13-14-23/h5-12,18,23-25,28,31H,3-4,13-17,19H2,1-2H3,(H,29,32)/t24-,25+/m0/s1. The lowest BCUT2D eigenvalue weighted by Crippen LogP contribution is -2.49. The van der Waals surface area contributed by atoms with Crippen LogP contribution in [0.25, 0.3) is 0 Å². The molecule has 178 valence electrons. The van der Waals surface area contributed by atoms with Gasteiger partial charge in [0.2, 0.25) is 0 Å². The fraction of sp³-hybridized carbons (Fsp3) is 0.481. The highest BCUT2D eigenvalue weighted by molar-refractivity contribution is 5.99. The summed E-state index contributed by atoms with van der Waals surface area (Å²) >= 11 is 0.